The van der Waals surface area contributed by atoms with Crippen LogP contribution in [0.25, 0.3) is 16.9 Å². The Labute approximate surface area is 157 Å². The smallest absolute Gasteiger partial charge is 0.342 e. The molecule has 3 rings (SSSR count). The van der Waals surface area contributed by atoms with Gasteiger partial charge in [-0.3, -0.25) is 9.78 Å². The molecule has 7 nitrogen and oxygen atoms in total. The van der Waals surface area contributed by atoms with Gasteiger partial charge in [0.2, 0.25) is 0 Å². The molecule has 0 unspecified atom stereocenters. The molecule has 7 heteroatoms. The molecule has 0 fully saturated rings. The molecule has 0 spiro atoms. The van der Waals surface area contributed by atoms with Gasteiger partial charge in [0.15, 0.2) is 6.10 Å². The van der Waals surface area contributed by atoms with Crippen molar-refractivity contribution in [2.24, 2.45) is 0 Å². The van der Waals surface area contributed by atoms with Crippen LogP contribution in [-0.2, 0) is 9.53 Å². The predicted octanol–water partition coefficient (Wildman–Crippen LogP) is 2.57. The first kappa shape index (κ1) is 18.3. The average molecular weight is 364 g/mol. The lowest BCUT2D eigenvalue weighted by atomic mass is 10.1. The predicted molar refractivity (Wildman–Crippen MR) is 100 cm³/mol. The van der Waals surface area contributed by atoms with E-state index < -0.39 is 12.1 Å². The van der Waals surface area contributed by atoms with Gasteiger partial charge < -0.3 is 9.64 Å². The molecule has 27 heavy (non-hydrogen) atoms. The van der Waals surface area contributed by atoms with E-state index in [9.17, 15) is 9.59 Å². The summed E-state index contributed by atoms with van der Waals surface area (Å²) >= 11 is 0. The number of para-hydroxylation sites is 1. The summed E-state index contributed by atoms with van der Waals surface area (Å²) in [6.07, 6.45) is 3.98. The number of carbonyl (C=O) groups is 2. The van der Waals surface area contributed by atoms with Crippen LogP contribution in [0.15, 0.2) is 61.1 Å². The number of esters is 1. The van der Waals surface area contributed by atoms with Crippen LogP contribution < -0.4 is 0 Å². The molecule has 1 aromatic carbocycles. The number of pyridine rings is 1. The van der Waals surface area contributed by atoms with E-state index in [-0.39, 0.29) is 11.5 Å². The molecule has 0 bridgehead atoms. The summed E-state index contributed by atoms with van der Waals surface area (Å²) in [7, 11) is 3.22. The zero-order chi connectivity index (χ0) is 19.4. The number of rotatable bonds is 5. The average Bonchev–Trinajstić information content (AvgIpc) is 3.14. The summed E-state index contributed by atoms with van der Waals surface area (Å²) in [6, 6.07) is 13.0. The van der Waals surface area contributed by atoms with Crippen molar-refractivity contribution in [3.05, 3.63) is 66.6 Å². The van der Waals surface area contributed by atoms with Crippen LogP contribution in [0.4, 0.5) is 0 Å². The number of nitrogens with zero attached hydrogens (tertiary/aromatic N) is 4. The van der Waals surface area contributed by atoms with E-state index in [0.29, 0.717) is 11.3 Å². The van der Waals surface area contributed by atoms with Crippen LogP contribution in [0.3, 0.4) is 0 Å². The Morgan fingerprint density at radius 3 is 2.48 bits per heavy atom. The topological polar surface area (TPSA) is 77.3 Å². The van der Waals surface area contributed by atoms with E-state index in [4.69, 9.17) is 4.74 Å². The molecule has 0 N–H and O–H groups in total. The van der Waals surface area contributed by atoms with Crippen molar-refractivity contribution >= 4 is 11.9 Å². The van der Waals surface area contributed by atoms with Gasteiger partial charge in [-0.2, -0.15) is 5.10 Å². The van der Waals surface area contributed by atoms with Gasteiger partial charge in [0, 0.05) is 38.2 Å². The Hall–Kier alpha value is -3.48. The van der Waals surface area contributed by atoms with E-state index in [1.807, 2.05) is 36.4 Å². The number of hydrogen-bond acceptors (Lipinski definition) is 5. The fourth-order valence-electron chi connectivity index (χ4n) is 2.59. The molecular formula is C20H20N4O3. The molecule has 0 aliphatic carbocycles. The largest absolute Gasteiger partial charge is 0.449 e. The summed E-state index contributed by atoms with van der Waals surface area (Å²) < 4.78 is 6.98. The molecule has 0 saturated heterocycles. The molecule has 3 aromatic rings. The first-order valence-electron chi connectivity index (χ1n) is 8.45. The number of likely N-dealkylation sites (N-methyl/N-ethyl adjacent to an activating group) is 1. The summed E-state index contributed by atoms with van der Waals surface area (Å²) in [5.41, 5.74) is 2.21. The van der Waals surface area contributed by atoms with Crippen LogP contribution in [-0.4, -0.2) is 51.7 Å². The lowest BCUT2D eigenvalue weighted by Gasteiger charge is -2.17. The molecule has 2 heterocycles. The van der Waals surface area contributed by atoms with E-state index in [1.54, 1.807) is 50.4 Å². The van der Waals surface area contributed by atoms with Crippen molar-refractivity contribution in [1.82, 2.24) is 19.7 Å². The Morgan fingerprint density at radius 2 is 1.85 bits per heavy atom. The number of ether oxygens (including phenoxy) is 1. The third-order valence-electron chi connectivity index (χ3n) is 3.96. The first-order valence-corrected chi connectivity index (χ1v) is 8.45. The van der Waals surface area contributed by atoms with E-state index in [1.165, 1.54) is 4.90 Å². The van der Waals surface area contributed by atoms with E-state index in [2.05, 4.69) is 10.1 Å². The van der Waals surface area contributed by atoms with Crippen LogP contribution in [0.2, 0.25) is 0 Å². The molecule has 0 saturated carbocycles. The van der Waals surface area contributed by atoms with Gasteiger partial charge in [0.05, 0.1) is 5.69 Å². The Morgan fingerprint density at radius 1 is 1.11 bits per heavy atom. The van der Waals surface area contributed by atoms with Gasteiger partial charge in [0.25, 0.3) is 5.91 Å². The minimum atomic E-state index is -0.894. The quantitative estimate of drug-likeness (QED) is 0.650. The van der Waals surface area contributed by atoms with Gasteiger partial charge >= 0.3 is 5.97 Å². The maximum Gasteiger partial charge on any atom is 0.342 e. The second kappa shape index (κ2) is 7.82. The van der Waals surface area contributed by atoms with Gasteiger partial charge in [-0.15, -0.1) is 0 Å². The summed E-state index contributed by atoms with van der Waals surface area (Å²) in [5.74, 6) is -0.902. The van der Waals surface area contributed by atoms with Gasteiger partial charge in [0.1, 0.15) is 11.3 Å². The monoisotopic (exact) mass is 364 g/mol. The summed E-state index contributed by atoms with van der Waals surface area (Å²) in [6.45, 7) is 1.55. The minimum absolute atomic E-state index is 0.269. The van der Waals surface area contributed by atoms with Crippen molar-refractivity contribution in [3.63, 3.8) is 0 Å². The van der Waals surface area contributed by atoms with Crippen molar-refractivity contribution in [3.8, 4) is 16.9 Å². The number of benzene rings is 1. The molecule has 1 amide bonds. The number of hydrogen-bond donors (Lipinski definition) is 0. The zero-order valence-electron chi connectivity index (χ0n) is 15.4. The Balaban J connectivity index is 1.99. The van der Waals surface area contributed by atoms with Gasteiger partial charge in [-0.25, -0.2) is 9.48 Å². The van der Waals surface area contributed by atoms with Gasteiger partial charge in [-0.1, -0.05) is 18.2 Å². The molecule has 2 aromatic heterocycles. The first-order chi connectivity index (χ1) is 13.0. The molecular weight excluding hydrogens is 344 g/mol. The highest BCUT2D eigenvalue weighted by Gasteiger charge is 2.25. The second-order valence-electron chi connectivity index (χ2n) is 6.19. The lowest BCUT2D eigenvalue weighted by Crippen LogP contribution is -2.34. The maximum absolute atomic E-state index is 12.8. The van der Waals surface area contributed by atoms with E-state index in [0.717, 1.165) is 5.69 Å². The fourth-order valence-corrected chi connectivity index (χ4v) is 2.59. The molecule has 0 aliphatic rings. The molecule has 138 valence electrons. The maximum atomic E-state index is 12.8. The van der Waals surface area contributed by atoms with Crippen LogP contribution >= 0.6 is 0 Å². The lowest BCUT2D eigenvalue weighted by molar-refractivity contribution is -0.137. The fraction of sp³-hybridized carbons (Fsp3) is 0.200. The van der Waals surface area contributed by atoms with Crippen LogP contribution in [0, 0.1) is 0 Å². The summed E-state index contributed by atoms with van der Waals surface area (Å²) in [5, 5.41) is 4.54. The zero-order valence-corrected chi connectivity index (χ0v) is 15.4. The SMILES string of the molecule is C[C@@H](OC(=O)c1cn(-c2ccccc2)nc1-c1cccnc1)C(=O)N(C)C. The molecule has 0 radical (unpaired) electrons. The highest BCUT2D eigenvalue weighted by atomic mass is 16.5. The van der Waals surface area contributed by atoms with Crippen molar-refractivity contribution in [2.75, 3.05) is 14.1 Å². The second-order valence-corrected chi connectivity index (χ2v) is 6.19. The van der Waals surface area contributed by atoms with Crippen molar-refractivity contribution < 1.29 is 14.3 Å². The molecule has 1 atom stereocenters. The Kier molecular flexibility index (Phi) is 5.30. The van der Waals surface area contributed by atoms with Crippen molar-refractivity contribution in [2.45, 2.75) is 13.0 Å². The number of amides is 1. The third kappa shape index (κ3) is 4.03. The minimum Gasteiger partial charge on any atom is -0.449 e. The van der Waals surface area contributed by atoms with E-state index >= 15 is 0 Å². The normalized spacial score (nSPS) is 11.7. The summed E-state index contributed by atoms with van der Waals surface area (Å²) in [4.78, 5) is 30.2. The van der Waals surface area contributed by atoms with Gasteiger partial charge in [-0.05, 0) is 31.2 Å². The highest BCUT2D eigenvalue weighted by molar-refractivity contribution is 5.97. The van der Waals surface area contributed by atoms with Crippen LogP contribution in [0.5, 0.6) is 0 Å². The van der Waals surface area contributed by atoms with Crippen LogP contribution in [0.1, 0.15) is 17.3 Å². The molecule has 0 aliphatic heterocycles. The number of carbonyl (C=O) groups excluding carboxylic acids is 2. The number of aromatic nitrogens is 3. The van der Waals surface area contributed by atoms with Crippen molar-refractivity contribution in [1.29, 1.82) is 0 Å². The highest BCUT2D eigenvalue weighted by Crippen LogP contribution is 2.24. The standard InChI is InChI=1S/C20H20N4O3/c1-14(19(25)23(2)3)27-20(26)17-13-24(16-9-5-4-6-10-16)22-18(17)15-8-7-11-21-12-15/h4-14H,1-3H3/t14-/m1/s1. The Bertz CT molecular complexity index is 936. The third-order valence-corrected chi connectivity index (χ3v) is 3.96.